The second-order valence-corrected chi connectivity index (χ2v) is 14.3. The lowest BCUT2D eigenvalue weighted by atomic mass is 9.55. The first kappa shape index (κ1) is 24.2. The van der Waals surface area contributed by atoms with Crippen LogP contribution in [0.15, 0.2) is 59.7 Å². The molecule has 2 aromatic carbocycles. The minimum Gasteiger partial charge on any atom is -0.374 e. The fraction of sp³-hybridized carbons (Fsp3) is 0.611. The second-order valence-electron chi connectivity index (χ2n) is 14.3. The van der Waals surface area contributed by atoms with Gasteiger partial charge in [0.2, 0.25) is 0 Å². The van der Waals surface area contributed by atoms with E-state index in [4.69, 9.17) is 4.74 Å². The first-order valence-electron chi connectivity index (χ1n) is 15.4. The maximum absolute atomic E-state index is 6.73. The summed E-state index contributed by atoms with van der Waals surface area (Å²) < 4.78 is 6.73. The van der Waals surface area contributed by atoms with Crippen LogP contribution in [0.5, 0.6) is 0 Å². The van der Waals surface area contributed by atoms with E-state index < -0.39 is 0 Å². The number of fused-ring (bicyclic) bond motifs is 4. The van der Waals surface area contributed by atoms with Gasteiger partial charge >= 0.3 is 0 Å². The van der Waals surface area contributed by atoms with Gasteiger partial charge in [0.15, 0.2) is 0 Å². The topological polar surface area (TPSA) is 9.23 Å². The first-order chi connectivity index (χ1) is 17.9. The summed E-state index contributed by atoms with van der Waals surface area (Å²) in [6, 6.07) is 18.8. The third kappa shape index (κ3) is 4.34. The van der Waals surface area contributed by atoms with Gasteiger partial charge in [-0.3, -0.25) is 0 Å². The standard InChI is InChI=1S/C36H46O/c1-24-7-9-25(10-8-24)26-11-13-27(14-12-26)33-21-28-5-4-6-30(28)32-16-15-29-22-36(18-17-31(29)34(32)33)20-19-35(2,3)23-37-36/h7-14,28-30,32-33H,4-6,15-23H2,1-3H3. The van der Waals surface area contributed by atoms with Crippen molar-refractivity contribution in [3.63, 3.8) is 0 Å². The van der Waals surface area contributed by atoms with Gasteiger partial charge in [-0.2, -0.15) is 0 Å². The number of ether oxygens (including phenoxy) is 1. The summed E-state index contributed by atoms with van der Waals surface area (Å²) in [5.41, 5.74) is 9.96. The van der Waals surface area contributed by atoms with Crippen molar-refractivity contribution in [2.24, 2.45) is 29.1 Å². The smallest absolute Gasteiger partial charge is 0.0691 e. The van der Waals surface area contributed by atoms with Crippen LogP contribution in [0.1, 0.15) is 102 Å². The van der Waals surface area contributed by atoms with E-state index in [9.17, 15) is 0 Å². The van der Waals surface area contributed by atoms with E-state index in [1.54, 1.807) is 5.56 Å². The SMILES string of the molecule is Cc1ccc(-c2ccc(C3CC4CCCC4C4CCC5CC6(CCC5=C34)CCC(C)(C)CO6)cc2)cc1. The number of rotatable bonds is 2. The van der Waals surface area contributed by atoms with Crippen LogP contribution < -0.4 is 0 Å². The molecule has 0 amide bonds. The summed E-state index contributed by atoms with van der Waals surface area (Å²) in [4.78, 5) is 0. The molecule has 6 unspecified atom stereocenters. The van der Waals surface area contributed by atoms with Crippen molar-refractivity contribution in [3.05, 3.63) is 70.8 Å². The molecule has 5 aliphatic rings. The minimum absolute atomic E-state index is 0.173. The number of benzene rings is 2. The van der Waals surface area contributed by atoms with E-state index in [0.717, 1.165) is 30.3 Å². The zero-order valence-electron chi connectivity index (χ0n) is 23.4. The highest BCUT2D eigenvalue weighted by atomic mass is 16.5. The van der Waals surface area contributed by atoms with Crippen molar-refractivity contribution >= 4 is 0 Å². The molecular formula is C36H46O. The zero-order chi connectivity index (χ0) is 25.2. The summed E-state index contributed by atoms with van der Waals surface area (Å²) in [6.45, 7) is 7.89. The first-order valence-corrected chi connectivity index (χ1v) is 15.4. The van der Waals surface area contributed by atoms with Crippen molar-refractivity contribution in [1.29, 1.82) is 0 Å². The summed E-state index contributed by atoms with van der Waals surface area (Å²) in [5, 5.41) is 0. The van der Waals surface area contributed by atoms with E-state index in [0.29, 0.717) is 11.3 Å². The van der Waals surface area contributed by atoms with E-state index in [-0.39, 0.29) is 5.60 Å². The maximum Gasteiger partial charge on any atom is 0.0691 e. The van der Waals surface area contributed by atoms with Crippen LogP contribution in [0.25, 0.3) is 11.1 Å². The predicted molar refractivity (Wildman–Crippen MR) is 154 cm³/mol. The highest BCUT2D eigenvalue weighted by molar-refractivity contribution is 5.64. The average Bonchev–Trinajstić information content (AvgIpc) is 3.39. The minimum atomic E-state index is 0.173. The maximum atomic E-state index is 6.73. The average molecular weight is 495 g/mol. The summed E-state index contributed by atoms with van der Waals surface area (Å²) in [6.07, 6.45) is 15.1. The van der Waals surface area contributed by atoms with E-state index in [1.807, 2.05) is 11.1 Å². The van der Waals surface area contributed by atoms with Crippen molar-refractivity contribution in [3.8, 4) is 11.1 Å². The van der Waals surface area contributed by atoms with Gasteiger partial charge in [-0.1, -0.05) is 91.9 Å². The molecular weight excluding hydrogens is 448 g/mol. The Morgan fingerprint density at radius 3 is 2.30 bits per heavy atom. The lowest BCUT2D eigenvalue weighted by Crippen LogP contribution is -2.47. The molecule has 4 aliphatic carbocycles. The van der Waals surface area contributed by atoms with Gasteiger partial charge in [0.05, 0.1) is 12.2 Å². The summed E-state index contributed by atoms with van der Waals surface area (Å²) in [5.74, 6) is 4.19. The number of hydrogen-bond acceptors (Lipinski definition) is 1. The number of allylic oxidation sites excluding steroid dienone is 2. The van der Waals surface area contributed by atoms with E-state index >= 15 is 0 Å². The molecule has 1 heteroatoms. The lowest BCUT2D eigenvalue weighted by molar-refractivity contribution is -0.144. The molecule has 1 saturated heterocycles. The molecule has 3 saturated carbocycles. The highest BCUT2D eigenvalue weighted by Crippen LogP contribution is 2.61. The van der Waals surface area contributed by atoms with Gasteiger partial charge in [-0.15, -0.1) is 0 Å². The molecule has 1 nitrogen and oxygen atoms in total. The Hall–Kier alpha value is -1.86. The van der Waals surface area contributed by atoms with Crippen LogP contribution in [0.3, 0.4) is 0 Å². The van der Waals surface area contributed by atoms with Crippen LogP contribution >= 0.6 is 0 Å². The zero-order valence-corrected chi connectivity index (χ0v) is 23.4. The normalized spacial score (nSPS) is 36.7. The van der Waals surface area contributed by atoms with Crippen molar-refractivity contribution in [1.82, 2.24) is 0 Å². The Balaban J connectivity index is 1.21. The molecule has 0 radical (unpaired) electrons. The molecule has 1 spiro atoms. The van der Waals surface area contributed by atoms with Gasteiger partial charge in [-0.05, 0) is 110 Å². The third-order valence-electron chi connectivity index (χ3n) is 11.4. The molecule has 1 heterocycles. The Morgan fingerprint density at radius 2 is 1.57 bits per heavy atom. The molecule has 4 fully saturated rings. The Bertz CT molecular complexity index is 1160. The van der Waals surface area contributed by atoms with Gasteiger partial charge in [0.1, 0.15) is 0 Å². The van der Waals surface area contributed by atoms with Crippen LogP contribution in [0, 0.1) is 36.0 Å². The van der Waals surface area contributed by atoms with E-state index in [1.165, 1.54) is 87.3 Å². The molecule has 0 bridgehead atoms. The molecule has 0 N–H and O–H groups in total. The molecule has 1 aliphatic heterocycles. The van der Waals surface area contributed by atoms with E-state index in [2.05, 4.69) is 69.3 Å². The van der Waals surface area contributed by atoms with Crippen molar-refractivity contribution < 1.29 is 4.74 Å². The van der Waals surface area contributed by atoms with Crippen molar-refractivity contribution in [2.75, 3.05) is 6.61 Å². The molecule has 0 aromatic heterocycles. The van der Waals surface area contributed by atoms with Gasteiger partial charge in [-0.25, -0.2) is 0 Å². The molecule has 37 heavy (non-hydrogen) atoms. The molecule has 7 rings (SSSR count). The van der Waals surface area contributed by atoms with Crippen molar-refractivity contribution in [2.45, 2.75) is 103 Å². The molecule has 196 valence electrons. The number of aryl methyl sites for hydroxylation is 1. The molecule has 2 aromatic rings. The summed E-state index contributed by atoms with van der Waals surface area (Å²) >= 11 is 0. The highest BCUT2D eigenvalue weighted by Gasteiger charge is 2.51. The quantitative estimate of drug-likeness (QED) is 0.378. The van der Waals surface area contributed by atoms with Gasteiger partial charge < -0.3 is 4.74 Å². The Labute approximate surface area is 225 Å². The number of hydrogen-bond donors (Lipinski definition) is 0. The third-order valence-corrected chi connectivity index (χ3v) is 11.4. The second kappa shape index (κ2) is 9.11. The Morgan fingerprint density at radius 1 is 0.811 bits per heavy atom. The lowest BCUT2D eigenvalue weighted by Gasteiger charge is -2.53. The van der Waals surface area contributed by atoms with Crippen LogP contribution in [0.2, 0.25) is 0 Å². The molecule has 6 atom stereocenters. The fourth-order valence-corrected chi connectivity index (χ4v) is 9.30. The monoisotopic (exact) mass is 494 g/mol. The van der Waals surface area contributed by atoms with Gasteiger partial charge in [0.25, 0.3) is 0 Å². The Kier molecular flexibility index (Phi) is 5.96. The fourth-order valence-electron chi connectivity index (χ4n) is 9.30. The predicted octanol–water partition coefficient (Wildman–Crippen LogP) is 9.65. The summed E-state index contributed by atoms with van der Waals surface area (Å²) in [7, 11) is 0. The van der Waals surface area contributed by atoms with Crippen LogP contribution in [-0.4, -0.2) is 12.2 Å². The largest absolute Gasteiger partial charge is 0.374 e. The van der Waals surface area contributed by atoms with Gasteiger partial charge in [0, 0.05) is 5.92 Å². The van der Waals surface area contributed by atoms with Crippen LogP contribution in [0.4, 0.5) is 0 Å². The van der Waals surface area contributed by atoms with Crippen LogP contribution in [-0.2, 0) is 4.74 Å².